The highest BCUT2D eigenvalue weighted by atomic mass is 35.5. The second kappa shape index (κ2) is 4.41. The molecule has 3 nitrogen and oxygen atoms in total. The maximum Gasteiger partial charge on any atom is 0.124 e. The summed E-state index contributed by atoms with van der Waals surface area (Å²) in [6.07, 6.45) is 1.67. The van der Waals surface area contributed by atoms with Crippen LogP contribution in [-0.4, -0.2) is 12.1 Å². The molecule has 2 aromatic rings. The molecule has 82 valence electrons. The summed E-state index contributed by atoms with van der Waals surface area (Å²) in [5.74, 6) is 1.23. The fraction of sp³-hybridized carbons (Fsp3) is 0.0833. The number of hydrogen-bond donors (Lipinski definition) is 1. The standard InChI is InChI=1S/C12H11ClN2O/c1-16-9-4-2-8(3-5-9)10-7-15-12(14)6-11(10)13/h2-7H,1H3,(H2,14,15). The first-order chi connectivity index (χ1) is 7.70. The average Bonchev–Trinajstić information content (AvgIpc) is 2.29. The van der Waals surface area contributed by atoms with Crippen LogP contribution in [0.3, 0.4) is 0 Å². The number of nitrogens with two attached hydrogens (primary N) is 1. The number of hydrogen-bond acceptors (Lipinski definition) is 3. The molecule has 0 aliphatic heterocycles. The van der Waals surface area contributed by atoms with Crippen LogP contribution in [0.4, 0.5) is 5.82 Å². The molecule has 0 bridgehead atoms. The summed E-state index contributed by atoms with van der Waals surface area (Å²) < 4.78 is 5.09. The number of rotatable bonds is 2. The van der Waals surface area contributed by atoms with Crippen molar-refractivity contribution in [3.63, 3.8) is 0 Å². The Morgan fingerprint density at radius 1 is 1.25 bits per heavy atom. The molecule has 0 saturated carbocycles. The van der Waals surface area contributed by atoms with E-state index in [1.54, 1.807) is 19.4 Å². The van der Waals surface area contributed by atoms with E-state index in [2.05, 4.69) is 4.98 Å². The lowest BCUT2D eigenvalue weighted by atomic mass is 10.1. The fourth-order valence-electron chi connectivity index (χ4n) is 1.43. The molecule has 0 amide bonds. The molecular formula is C12H11ClN2O. The summed E-state index contributed by atoms with van der Waals surface area (Å²) in [6.45, 7) is 0. The zero-order chi connectivity index (χ0) is 11.5. The van der Waals surface area contributed by atoms with Gasteiger partial charge in [0.15, 0.2) is 0 Å². The van der Waals surface area contributed by atoms with Gasteiger partial charge in [-0.1, -0.05) is 23.7 Å². The first-order valence-corrected chi connectivity index (χ1v) is 5.14. The van der Waals surface area contributed by atoms with Gasteiger partial charge in [0.2, 0.25) is 0 Å². The number of halogens is 1. The van der Waals surface area contributed by atoms with E-state index in [0.717, 1.165) is 16.9 Å². The predicted molar refractivity (Wildman–Crippen MR) is 65.6 cm³/mol. The van der Waals surface area contributed by atoms with Crippen molar-refractivity contribution in [2.75, 3.05) is 12.8 Å². The number of anilines is 1. The van der Waals surface area contributed by atoms with Gasteiger partial charge in [0.1, 0.15) is 11.6 Å². The third kappa shape index (κ3) is 2.09. The van der Waals surface area contributed by atoms with Gasteiger partial charge in [-0.05, 0) is 23.8 Å². The Balaban J connectivity index is 2.42. The molecule has 1 aromatic heterocycles. The SMILES string of the molecule is COc1ccc(-c2cnc(N)cc2Cl)cc1. The molecule has 0 fully saturated rings. The number of ether oxygens (including phenoxy) is 1. The van der Waals surface area contributed by atoms with Crippen LogP contribution < -0.4 is 10.5 Å². The van der Waals surface area contributed by atoms with E-state index in [-0.39, 0.29) is 0 Å². The minimum absolute atomic E-state index is 0.419. The molecular weight excluding hydrogens is 224 g/mol. The van der Waals surface area contributed by atoms with Gasteiger partial charge in [-0.2, -0.15) is 0 Å². The lowest BCUT2D eigenvalue weighted by molar-refractivity contribution is 0.415. The molecule has 0 atom stereocenters. The van der Waals surface area contributed by atoms with Crippen LogP contribution in [0.2, 0.25) is 5.02 Å². The van der Waals surface area contributed by atoms with Crippen LogP contribution in [-0.2, 0) is 0 Å². The lowest BCUT2D eigenvalue weighted by Gasteiger charge is -2.05. The zero-order valence-electron chi connectivity index (χ0n) is 8.77. The maximum atomic E-state index is 6.09. The van der Waals surface area contributed by atoms with Gasteiger partial charge in [0, 0.05) is 11.8 Å². The van der Waals surface area contributed by atoms with Gasteiger partial charge in [-0.15, -0.1) is 0 Å². The van der Waals surface area contributed by atoms with Crippen LogP contribution in [0.25, 0.3) is 11.1 Å². The number of benzene rings is 1. The Morgan fingerprint density at radius 3 is 2.50 bits per heavy atom. The fourth-order valence-corrected chi connectivity index (χ4v) is 1.70. The molecule has 0 aliphatic rings. The van der Waals surface area contributed by atoms with E-state index in [0.29, 0.717) is 10.8 Å². The van der Waals surface area contributed by atoms with Crippen LogP contribution >= 0.6 is 11.6 Å². The molecule has 0 unspecified atom stereocenters. The predicted octanol–water partition coefficient (Wildman–Crippen LogP) is 2.99. The van der Waals surface area contributed by atoms with E-state index in [4.69, 9.17) is 22.1 Å². The number of pyridine rings is 1. The summed E-state index contributed by atoms with van der Waals surface area (Å²) in [7, 11) is 1.63. The molecule has 2 N–H and O–H groups in total. The largest absolute Gasteiger partial charge is 0.497 e. The first kappa shape index (κ1) is 10.8. The van der Waals surface area contributed by atoms with Gasteiger partial charge in [-0.25, -0.2) is 4.98 Å². The molecule has 1 aromatic carbocycles. The van der Waals surface area contributed by atoms with Crippen molar-refractivity contribution in [2.24, 2.45) is 0 Å². The van der Waals surface area contributed by atoms with Crippen LogP contribution in [0.15, 0.2) is 36.5 Å². The normalized spacial score (nSPS) is 10.1. The average molecular weight is 235 g/mol. The Bertz CT molecular complexity index is 497. The van der Waals surface area contributed by atoms with Crippen molar-refractivity contribution in [2.45, 2.75) is 0 Å². The Kier molecular flexibility index (Phi) is 2.97. The van der Waals surface area contributed by atoms with Crippen molar-refractivity contribution in [1.82, 2.24) is 4.98 Å². The second-order valence-electron chi connectivity index (χ2n) is 3.32. The highest BCUT2D eigenvalue weighted by Crippen LogP contribution is 2.29. The summed E-state index contributed by atoms with van der Waals surface area (Å²) >= 11 is 6.09. The molecule has 0 radical (unpaired) electrons. The summed E-state index contributed by atoms with van der Waals surface area (Å²) in [4.78, 5) is 4.02. The first-order valence-electron chi connectivity index (χ1n) is 4.76. The van der Waals surface area contributed by atoms with Crippen molar-refractivity contribution < 1.29 is 4.74 Å². The van der Waals surface area contributed by atoms with Gasteiger partial charge in [-0.3, -0.25) is 0 Å². The van der Waals surface area contributed by atoms with E-state index >= 15 is 0 Å². The van der Waals surface area contributed by atoms with Crippen LogP contribution in [0.1, 0.15) is 0 Å². The quantitative estimate of drug-likeness (QED) is 0.869. The minimum atomic E-state index is 0.419. The highest BCUT2D eigenvalue weighted by molar-refractivity contribution is 6.33. The molecule has 0 aliphatic carbocycles. The van der Waals surface area contributed by atoms with Gasteiger partial charge < -0.3 is 10.5 Å². The van der Waals surface area contributed by atoms with E-state index < -0.39 is 0 Å². The van der Waals surface area contributed by atoms with E-state index in [1.165, 1.54) is 0 Å². The molecule has 0 saturated heterocycles. The molecule has 4 heteroatoms. The molecule has 16 heavy (non-hydrogen) atoms. The van der Waals surface area contributed by atoms with Crippen molar-refractivity contribution in [1.29, 1.82) is 0 Å². The highest BCUT2D eigenvalue weighted by Gasteiger charge is 2.04. The maximum absolute atomic E-state index is 6.09. The number of nitrogen functional groups attached to an aromatic ring is 1. The van der Waals surface area contributed by atoms with Gasteiger partial charge in [0.05, 0.1) is 12.1 Å². The molecule has 0 spiro atoms. The topological polar surface area (TPSA) is 48.1 Å². The second-order valence-corrected chi connectivity index (χ2v) is 3.72. The summed E-state index contributed by atoms with van der Waals surface area (Å²) in [5, 5.41) is 0.595. The minimum Gasteiger partial charge on any atom is -0.497 e. The third-order valence-corrected chi connectivity index (χ3v) is 2.59. The Labute approximate surface area is 98.8 Å². The number of nitrogens with zero attached hydrogens (tertiary/aromatic N) is 1. The van der Waals surface area contributed by atoms with Crippen molar-refractivity contribution >= 4 is 17.4 Å². The van der Waals surface area contributed by atoms with Crippen molar-refractivity contribution in [3.8, 4) is 16.9 Å². The molecule has 2 rings (SSSR count). The Morgan fingerprint density at radius 2 is 1.94 bits per heavy atom. The summed E-state index contributed by atoms with van der Waals surface area (Å²) in [6, 6.07) is 9.25. The van der Waals surface area contributed by atoms with Gasteiger partial charge in [0.25, 0.3) is 0 Å². The van der Waals surface area contributed by atoms with E-state index in [1.807, 2.05) is 24.3 Å². The van der Waals surface area contributed by atoms with Crippen LogP contribution in [0.5, 0.6) is 5.75 Å². The zero-order valence-corrected chi connectivity index (χ0v) is 9.53. The number of aromatic nitrogens is 1. The van der Waals surface area contributed by atoms with Crippen molar-refractivity contribution in [3.05, 3.63) is 41.6 Å². The van der Waals surface area contributed by atoms with Gasteiger partial charge >= 0.3 is 0 Å². The Hall–Kier alpha value is -1.74. The van der Waals surface area contributed by atoms with E-state index in [9.17, 15) is 0 Å². The smallest absolute Gasteiger partial charge is 0.124 e. The number of methoxy groups -OCH3 is 1. The molecule has 1 heterocycles. The van der Waals surface area contributed by atoms with Crippen LogP contribution in [0, 0.1) is 0 Å². The lowest BCUT2D eigenvalue weighted by Crippen LogP contribution is -1.90. The monoisotopic (exact) mass is 234 g/mol. The summed E-state index contributed by atoms with van der Waals surface area (Å²) in [5.41, 5.74) is 7.38. The third-order valence-electron chi connectivity index (χ3n) is 2.28.